The fraction of sp³-hybridized carbons (Fsp3) is 0.818. The normalized spacial score (nSPS) is 19.9. The molecule has 0 aliphatic carbocycles. The van der Waals surface area contributed by atoms with Crippen LogP contribution < -0.4 is 16.4 Å². The Bertz CT molecular complexity index is 303. The summed E-state index contributed by atoms with van der Waals surface area (Å²) in [7, 11) is 1.44. The summed E-state index contributed by atoms with van der Waals surface area (Å²) < 4.78 is 11.0. The number of hydrogen-bond donors (Lipinski definition) is 3. The third-order valence-corrected chi connectivity index (χ3v) is 3.04. The number of urea groups is 1. The van der Waals surface area contributed by atoms with Gasteiger partial charge >= 0.3 is 6.03 Å². The van der Waals surface area contributed by atoms with Gasteiger partial charge in [0.2, 0.25) is 0 Å². The molecular weight excluding hydrogens is 238 g/mol. The Morgan fingerprint density at radius 2 is 2.06 bits per heavy atom. The maximum atomic E-state index is 11.7. The number of rotatable bonds is 4. The SMILES string of the molecule is CNC(=O)NC(=O)C(C)OC1(CN)CCOCC1. The lowest BCUT2D eigenvalue weighted by atomic mass is 9.94. The van der Waals surface area contributed by atoms with E-state index in [0.29, 0.717) is 32.6 Å². The van der Waals surface area contributed by atoms with Gasteiger partial charge in [-0.15, -0.1) is 0 Å². The van der Waals surface area contributed by atoms with Gasteiger partial charge in [-0.3, -0.25) is 10.1 Å². The molecule has 1 unspecified atom stereocenters. The Morgan fingerprint density at radius 1 is 1.44 bits per heavy atom. The molecule has 0 spiro atoms. The Balaban J connectivity index is 2.53. The van der Waals surface area contributed by atoms with Crippen LogP contribution in [0, 0.1) is 0 Å². The van der Waals surface area contributed by atoms with Gasteiger partial charge in [-0.1, -0.05) is 0 Å². The van der Waals surface area contributed by atoms with Gasteiger partial charge in [-0.05, 0) is 6.92 Å². The second-order valence-electron chi connectivity index (χ2n) is 4.33. The van der Waals surface area contributed by atoms with Gasteiger partial charge in [0, 0.05) is 39.6 Å². The van der Waals surface area contributed by atoms with E-state index in [1.807, 2.05) is 0 Å². The van der Waals surface area contributed by atoms with Crippen molar-refractivity contribution in [3.8, 4) is 0 Å². The molecule has 0 aromatic carbocycles. The van der Waals surface area contributed by atoms with Crippen LogP contribution >= 0.6 is 0 Å². The maximum absolute atomic E-state index is 11.7. The highest BCUT2D eigenvalue weighted by molar-refractivity contribution is 5.96. The third kappa shape index (κ3) is 3.94. The maximum Gasteiger partial charge on any atom is 0.321 e. The van der Waals surface area contributed by atoms with Gasteiger partial charge in [0.25, 0.3) is 5.91 Å². The van der Waals surface area contributed by atoms with Crippen LogP contribution in [0.1, 0.15) is 19.8 Å². The summed E-state index contributed by atoms with van der Waals surface area (Å²) in [6.45, 7) is 3.07. The van der Waals surface area contributed by atoms with Crippen molar-refractivity contribution < 1.29 is 19.1 Å². The second-order valence-corrected chi connectivity index (χ2v) is 4.33. The minimum Gasteiger partial charge on any atom is -0.381 e. The number of carbonyl (C=O) groups excluding carboxylic acids is 2. The van der Waals surface area contributed by atoms with Crippen LogP contribution in [-0.2, 0) is 14.3 Å². The number of imide groups is 1. The number of nitrogens with one attached hydrogen (secondary N) is 2. The second kappa shape index (κ2) is 6.67. The number of amides is 3. The number of hydrogen-bond acceptors (Lipinski definition) is 5. The molecule has 7 heteroatoms. The van der Waals surface area contributed by atoms with Crippen molar-refractivity contribution in [1.29, 1.82) is 0 Å². The lowest BCUT2D eigenvalue weighted by Crippen LogP contribution is -2.51. The largest absolute Gasteiger partial charge is 0.381 e. The van der Waals surface area contributed by atoms with Crippen LogP contribution in [0.4, 0.5) is 4.79 Å². The van der Waals surface area contributed by atoms with Gasteiger partial charge < -0.3 is 20.5 Å². The smallest absolute Gasteiger partial charge is 0.321 e. The summed E-state index contributed by atoms with van der Waals surface area (Å²) in [5, 5.41) is 4.48. The van der Waals surface area contributed by atoms with Gasteiger partial charge in [-0.2, -0.15) is 0 Å². The average Bonchev–Trinajstić information content (AvgIpc) is 2.39. The Labute approximate surface area is 106 Å². The zero-order chi connectivity index (χ0) is 13.6. The molecule has 1 heterocycles. The highest BCUT2D eigenvalue weighted by Gasteiger charge is 2.35. The average molecular weight is 259 g/mol. The summed E-state index contributed by atoms with van der Waals surface area (Å²) >= 11 is 0. The van der Waals surface area contributed by atoms with E-state index in [4.69, 9.17) is 15.2 Å². The van der Waals surface area contributed by atoms with E-state index in [0.717, 1.165) is 0 Å². The van der Waals surface area contributed by atoms with Crippen LogP contribution in [-0.4, -0.2) is 50.4 Å². The van der Waals surface area contributed by atoms with E-state index in [-0.39, 0.29) is 0 Å². The van der Waals surface area contributed by atoms with Crippen LogP contribution in [0.15, 0.2) is 0 Å². The van der Waals surface area contributed by atoms with Crippen LogP contribution in [0.2, 0.25) is 0 Å². The van der Waals surface area contributed by atoms with E-state index in [9.17, 15) is 9.59 Å². The quantitative estimate of drug-likeness (QED) is 0.623. The first-order chi connectivity index (χ1) is 8.53. The predicted molar refractivity (Wildman–Crippen MR) is 65.0 cm³/mol. The Morgan fingerprint density at radius 3 is 2.56 bits per heavy atom. The highest BCUT2D eigenvalue weighted by Crippen LogP contribution is 2.25. The fourth-order valence-corrected chi connectivity index (χ4v) is 1.82. The first-order valence-corrected chi connectivity index (χ1v) is 6.01. The van der Waals surface area contributed by atoms with Crippen molar-refractivity contribution >= 4 is 11.9 Å². The number of nitrogens with two attached hydrogens (primary N) is 1. The molecule has 1 saturated heterocycles. The molecule has 104 valence electrons. The Kier molecular flexibility index (Phi) is 5.52. The highest BCUT2D eigenvalue weighted by atomic mass is 16.5. The minimum absolute atomic E-state index is 0.327. The van der Waals surface area contributed by atoms with E-state index in [1.54, 1.807) is 6.92 Å². The molecule has 7 nitrogen and oxygen atoms in total. The van der Waals surface area contributed by atoms with Gasteiger partial charge in [0.1, 0.15) is 6.10 Å². The summed E-state index contributed by atoms with van der Waals surface area (Å²) in [5.41, 5.74) is 5.19. The zero-order valence-electron chi connectivity index (χ0n) is 10.8. The van der Waals surface area contributed by atoms with Crippen molar-refractivity contribution in [2.24, 2.45) is 5.73 Å². The molecule has 0 saturated carbocycles. The molecule has 18 heavy (non-hydrogen) atoms. The fourth-order valence-electron chi connectivity index (χ4n) is 1.82. The minimum atomic E-state index is -0.732. The number of ether oxygens (including phenoxy) is 2. The first kappa shape index (κ1) is 14.9. The lowest BCUT2D eigenvalue weighted by Gasteiger charge is -2.37. The molecule has 1 atom stereocenters. The van der Waals surface area contributed by atoms with Gasteiger partial charge in [0.15, 0.2) is 0 Å². The molecule has 1 fully saturated rings. The Hall–Kier alpha value is -1.18. The van der Waals surface area contributed by atoms with Crippen LogP contribution in [0.5, 0.6) is 0 Å². The number of carbonyl (C=O) groups is 2. The third-order valence-electron chi connectivity index (χ3n) is 3.04. The van der Waals surface area contributed by atoms with Crippen LogP contribution in [0.25, 0.3) is 0 Å². The molecule has 0 radical (unpaired) electrons. The van der Waals surface area contributed by atoms with E-state index in [2.05, 4.69) is 10.6 Å². The van der Waals surface area contributed by atoms with Gasteiger partial charge in [0.05, 0.1) is 5.60 Å². The van der Waals surface area contributed by atoms with E-state index in [1.165, 1.54) is 7.05 Å². The molecule has 1 aliphatic rings. The molecule has 0 bridgehead atoms. The molecule has 1 rings (SSSR count). The zero-order valence-corrected chi connectivity index (χ0v) is 10.8. The van der Waals surface area contributed by atoms with Crippen molar-refractivity contribution in [1.82, 2.24) is 10.6 Å². The van der Waals surface area contributed by atoms with Crippen molar-refractivity contribution in [2.75, 3.05) is 26.8 Å². The molecule has 3 amide bonds. The summed E-state index contributed by atoms with van der Waals surface area (Å²) in [6, 6.07) is -0.552. The summed E-state index contributed by atoms with van der Waals surface area (Å²) in [6.07, 6.45) is 0.575. The van der Waals surface area contributed by atoms with Crippen LogP contribution in [0.3, 0.4) is 0 Å². The standard InChI is InChI=1S/C11H21N3O4/c1-8(9(15)14-10(16)13-2)18-11(7-12)3-5-17-6-4-11/h8H,3-7,12H2,1-2H3,(H2,13,14,15,16). The topological polar surface area (TPSA) is 103 Å². The molecule has 4 N–H and O–H groups in total. The molecular formula is C11H21N3O4. The monoisotopic (exact) mass is 259 g/mol. The van der Waals surface area contributed by atoms with Gasteiger partial charge in [-0.25, -0.2) is 4.79 Å². The van der Waals surface area contributed by atoms with E-state index >= 15 is 0 Å². The van der Waals surface area contributed by atoms with E-state index < -0.39 is 23.6 Å². The molecule has 1 aliphatic heterocycles. The lowest BCUT2D eigenvalue weighted by molar-refractivity contribution is -0.157. The predicted octanol–water partition coefficient (Wildman–Crippen LogP) is -0.645. The molecule has 0 aromatic heterocycles. The first-order valence-electron chi connectivity index (χ1n) is 6.01. The summed E-state index contributed by atoms with van der Waals surface area (Å²) in [5.74, 6) is -0.478. The van der Waals surface area contributed by atoms with Crippen molar-refractivity contribution in [2.45, 2.75) is 31.5 Å². The van der Waals surface area contributed by atoms with Crippen molar-refractivity contribution in [3.05, 3.63) is 0 Å². The summed E-state index contributed by atoms with van der Waals surface area (Å²) in [4.78, 5) is 22.7. The van der Waals surface area contributed by atoms with Crippen molar-refractivity contribution in [3.63, 3.8) is 0 Å². The molecule has 0 aromatic rings.